The van der Waals surface area contributed by atoms with E-state index in [0.29, 0.717) is 11.1 Å². The van der Waals surface area contributed by atoms with Gasteiger partial charge < -0.3 is 0 Å². The SMILES string of the molecule is N#CCc1ccccc1C(C#N)(C#N)C#N. The predicted octanol–water partition coefficient (Wildman–Crippen LogP) is 1.56. The van der Waals surface area contributed by atoms with Crippen molar-refractivity contribution in [2.24, 2.45) is 0 Å². The molecule has 0 aliphatic rings. The van der Waals surface area contributed by atoms with Crippen LogP contribution in [0.1, 0.15) is 11.1 Å². The number of nitriles is 4. The van der Waals surface area contributed by atoms with Gasteiger partial charge in [-0.3, -0.25) is 0 Å². The topological polar surface area (TPSA) is 95.2 Å². The summed E-state index contributed by atoms with van der Waals surface area (Å²) in [4.78, 5) is 0. The van der Waals surface area contributed by atoms with Crippen molar-refractivity contribution in [1.29, 1.82) is 21.0 Å². The zero-order chi connectivity index (χ0) is 12.0. The molecule has 0 amide bonds. The monoisotopic (exact) mass is 206 g/mol. The Bertz CT molecular complexity index is 524. The third-order valence-electron chi connectivity index (χ3n) is 2.19. The van der Waals surface area contributed by atoms with Crippen molar-refractivity contribution in [3.63, 3.8) is 0 Å². The summed E-state index contributed by atoms with van der Waals surface area (Å²) in [5.41, 5.74) is -0.994. The second-order valence-corrected chi connectivity index (χ2v) is 3.08. The van der Waals surface area contributed by atoms with Gasteiger partial charge in [-0.15, -0.1) is 0 Å². The Labute approximate surface area is 93.2 Å². The maximum absolute atomic E-state index is 8.94. The van der Waals surface area contributed by atoms with Crippen LogP contribution in [0.15, 0.2) is 24.3 Å². The standard InChI is InChI=1S/C12H6N4/c13-6-5-10-3-1-2-4-11(10)12(7-14,8-15)9-16/h1-4H,5H2. The van der Waals surface area contributed by atoms with Crippen LogP contribution < -0.4 is 0 Å². The molecule has 0 spiro atoms. The molecule has 0 N–H and O–H groups in total. The highest BCUT2D eigenvalue weighted by atomic mass is 14.4. The van der Waals surface area contributed by atoms with Gasteiger partial charge in [0.15, 0.2) is 0 Å². The quantitative estimate of drug-likeness (QED) is 0.733. The molecule has 0 saturated carbocycles. The fourth-order valence-electron chi connectivity index (χ4n) is 1.38. The van der Waals surface area contributed by atoms with Gasteiger partial charge in [-0.2, -0.15) is 21.0 Å². The van der Waals surface area contributed by atoms with Crippen LogP contribution >= 0.6 is 0 Å². The highest BCUT2D eigenvalue weighted by molar-refractivity contribution is 5.51. The lowest BCUT2D eigenvalue weighted by molar-refractivity contribution is 0.886. The molecule has 0 unspecified atom stereocenters. The molecule has 0 atom stereocenters. The van der Waals surface area contributed by atoms with Gasteiger partial charge in [-0.05, 0) is 5.56 Å². The van der Waals surface area contributed by atoms with Crippen LogP contribution in [0.4, 0.5) is 0 Å². The predicted molar refractivity (Wildman–Crippen MR) is 54.3 cm³/mol. The van der Waals surface area contributed by atoms with Crippen molar-refractivity contribution in [2.75, 3.05) is 0 Å². The molecule has 0 fully saturated rings. The first kappa shape index (κ1) is 11.3. The fourth-order valence-corrected chi connectivity index (χ4v) is 1.38. The number of benzene rings is 1. The first-order valence-corrected chi connectivity index (χ1v) is 4.43. The maximum atomic E-state index is 8.94. The van der Waals surface area contributed by atoms with Crippen LogP contribution in [0.2, 0.25) is 0 Å². The highest BCUT2D eigenvalue weighted by Crippen LogP contribution is 2.25. The van der Waals surface area contributed by atoms with E-state index >= 15 is 0 Å². The van der Waals surface area contributed by atoms with Crippen molar-refractivity contribution in [3.05, 3.63) is 35.4 Å². The van der Waals surface area contributed by atoms with Gasteiger partial charge in [0.2, 0.25) is 0 Å². The Morgan fingerprint density at radius 2 is 1.50 bits per heavy atom. The average Bonchev–Trinajstić information content (AvgIpc) is 2.34. The van der Waals surface area contributed by atoms with Gasteiger partial charge in [0.05, 0.1) is 12.5 Å². The van der Waals surface area contributed by atoms with Gasteiger partial charge in [-0.1, -0.05) is 24.3 Å². The maximum Gasteiger partial charge on any atom is 0.253 e. The van der Waals surface area contributed by atoms with Crippen LogP contribution in [0.3, 0.4) is 0 Å². The van der Waals surface area contributed by atoms with Gasteiger partial charge in [0.1, 0.15) is 18.2 Å². The summed E-state index contributed by atoms with van der Waals surface area (Å²) >= 11 is 0. The normalized spacial score (nSPS) is 9.25. The first-order valence-electron chi connectivity index (χ1n) is 4.43. The average molecular weight is 206 g/mol. The second kappa shape index (κ2) is 4.61. The van der Waals surface area contributed by atoms with Gasteiger partial charge in [0.25, 0.3) is 5.41 Å². The Kier molecular flexibility index (Phi) is 3.24. The molecule has 0 radical (unpaired) electrons. The molecule has 1 rings (SSSR count). The second-order valence-electron chi connectivity index (χ2n) is 3.08. The van der Waals surface area contributed by atoms with Crippen molar-refractivity contribution < 1.29 is 0 Å². The zero-order valence-corrected chi connectivity index (χ0v) is 8.31. The number of hydrogen-bond donors (Lipinski definition) is 0. The Morgan fingerprint density at radius 3 is 2.00 bits per heavy atom. The first-order chi connectivity index (χ1) is 7.74. The number of hydrogen-bond acceptors (Lipinski definition) is 4. The molecule has 0 aliphatic carbocycles. The molecule has 0 bridgehead atoms. The summed E-state index contributed by atoms with van der Waals surface area (Å²) in [5, 5.41) is 35.5. The van der Waals surface area contributed by atoms with E-state index in [1.54, 1.807) is 36.4 Å². The van der Waals surface area contributed by atoms with Crippen LogP contribution in [0, 0.1) is 45.3 Å². The Morgan fingerprint density at radius 1 is 0.938 bits per heavy atom. The van der Waals surface area contributed by atoms with Crippen molar-refractivity contribution in [3.8, 4) is 24.3 Å². The van der Waals surface area contributed by atoms with E-state index in [4.69, 9.17) is 21.0 Å². The molecule has 1 aromatic carbocycles. The minimum Gasteiger partial charge on any atom is -0.198 e. The van der Waals surface area contributed by atoms with Crippen molar-refractivity contribution in [1.82, 2.24) is 0 Å². The lowest BCUT2D eigenvalue weighted by atomic mass is 9.81. The van der Waals surface area contributed by atoms with Crippen molar-refractivity contribution >= 4 is 0 Å². The van der Waals surface area contributed by atoms with E-state index in [1.165, 1.54) is 6.07 Å². The summed E-state index contributed by atoms with van der Waals surface area (Å²) in [6, 6.07) is 13.5. The molecule has 16 heavy (non-hydrogen) atoms. The van der Waals surface area contributed by atoms with E-state index in [1.807, 2.05) is 6.07 Å². The van der Waals surface area contributed by atoms with Gasteiger partial charge >= 0.3 is 0 Å². The summed E-state index contributed by atoms with van der Waals surface area (Å²) < 4.78 is 0. The largest absolute Gasteiger partial charge is 0.253 e. The molecule has 0 aromatic heterocycles. The minimum atomic E-state index is -1.83. The van der Waals surface area contributed by atoms with Crippen molar-refractivity contribution in [2.45, 2.75) is 11.8 Å². The van der Waals surface area contributed by atoms with E-state index in [9.17, 15) is 0 Å². The van der Waals surface area contributed by atoms with E-state index in [0.717, 1.165) is 0 Å². The summed E-state index contributed by atoms with van der Waals surface area (Å²) in [6.45, 7) is 0. The Hall–Kier alpha value is -2.82. The molecule has 1 aromatic rings. The van der Waals surface area contributed by atoms with E-state index in [-0.39, 0.29) is 6.42 Å². The lowest BCUT2D eigenvalue weighted by Gasteiger charge is -2.13. The smallest absolute Gasteiger partial charge is 0.198 e. The van der Waals surface area contributed by atoms with E-state index in [2.05, 4.69) is 0 Å². The molecule has 0 saturated heterocycles. The molecular weight excluding hydrogens is 200 g/mol. The number of rotatable bonds is 2. The summed E-state index contributed by atoms with van der Waals surface area (Å²) in [6.07, 6.45) is 0.0724. The van der Waals surface area contributed by atoms with E-state index < -0.39 is 5.41 Å². The summed E-state index contributed by atoms with van der Waals surface area (Å²) in [7, 11) is 0. The summed E-state index contributed by atoms with van der Waals surface area (Å²) in [5.74, 6) is 0. The van der Waals surface area contributed by atoms with Gasteiger partial charge in [-0.25, -0.2) is 0 Å². The molecule has 4 nitrogen and oxygen atoms in total. The Balaban J connectivity index is 3.47. The minimum absolute atomic E-state index is 0.0724. The third kappa shape index (κ3) is 1.69. The molecule has 0 aliphatic heterocycles. The molecule has 4 heteroatoms. The molecule has 74 valence electrons. The van der Waals surface area contributed by atoms with Crippen LogP contribution in [0.25, 0.3) is 0 Å². The van der Waals surface area contributed by atoms with Crippen LogP contribution in [-0.2, 0) is 11.8 Å². The lowest BCUT2D eigenvalue weighted by Crippen LogP contribution is -2.21. The number of nitrogens with zero attached hydrogens (tertiary/aromatic N) is 4. The van der Waals surface area contributed by atoms with Crippen LogP contribution in [0.5, 0.6) is 0 Å². The fraction of sp³-hybridized carbons (Fsp3) is 0.167. The van der Waals surface area contributed by atoms with Gasteiger partial charge in [0, 0.05) is 5.56 Å². The zero-order valence-electron chi connectivity index (χ0n) is 8.31. The highest BCUT2D eigenvalue weighted by Gasteiger charge is 2.34. The third-order valence-corrected chi connectivity index (χ3v) is 2.19. The van der Waals surface area contributed by atoms with Crippen LogP contribution in [-0.4, -0.2) is 0 Å². The molecular formula is C12H6N4. The molecule has 0 heterocycles.